The van der Waals surface area contributed by atoms with E-state index in [2.05, 4.69) is 5.32 Å². The van der Waals surface area contributed by atoms with Crippen molar-refractivity contribution in [3.05, 3.63) is 17.7 Å². The molecule has 1 aromatic rings. The second-order valence-corrected chi connectivity index (χ2v) is 7.29. The maximum Gasteiger partial charge on any atom is 0.319 e. The number of piperidine rings is 1. The number of hydrogen-bond acceptors (Lipinski definition) is 5. The highest BCUT2D eigenvalue weighted by Crippen LogP contribution is 2.39. The minimum atomic E-state index is -0.182. The number of carbonyl (C=O) groups excluding carboxylic acids is 2. The Labute approximate surface area is 185 Å². The van der Waals surface area contributed by atoms with Crippen molar-refractivity contribution >= 4 is 11.9 Å². The number of nitrogens with one attached hydrogen (secondary N) is 1. The molecule has 0 atom stereocenters. The first-order valence-electron chi connectivity index (χ1n) is 11.4. The third kappa shape index (κ3) is 6.42. The highest BCUT2D eigenvalue weighted by Gasteiger charge is 2.27. The Morgan fingerprint density at radius 1 is 0.935 bits per heavy atom. The van der Waals surface area contributed by atoms with E-state index in [9.17, 15) is 9.59 Å². The fourth-order valence-electron chi connectivity index (χ4n) is 3.70. The number of benzene rings is 1. The summed E-state index contributed by atoms with van der Waals surface area (Å²) in [6.07, 6.45) is 1.46. The first kappa shape index (κ1) is 24.6. The molecule has 1 heterocycles. The van der Waals surface area contributed by atoms with Crippen LogP contribution in [-0.4, -0.2) is 73.8 Å². The normalized spacial score (nSPS) is 14.2. The second kappa shape index (κ2) is 12.3. The third-order valence-electron chi connectivity index (χ3n) is 5.31. The molecule has 174 valence electrons. The van der Waals surface area contributed by atoms with E-state index in [4.69, 9.17) is 14.2 Å². The summed E-state index contributed by atoms with van der Waals surface area (Å²) in [5.41, 5.74) is 0.469. The van der Waals surface area contributed by atoms with Gasteiger partial charge >= 0.3 is 6.03 Å². The molecule has 1 saturated heterocycles. The van der Waals surface area contributed by atoms with Crippen molar-refractivity contribution in [2.24, 2.45) is 0 Å². The number of ether oxygens (including phenoxy) is 3. The largest absolute Gasteiger partial charge is 0.490 e. The molecule has 0 spiro atoms. The molecule has 0 radical (unpaired) electrons. The van der Waals surface area contributed by atoms with Gasteiger partial charge in [-0.25, -0.2) is 4.79 Å². The molecular formula is C23H37N3O5. The molecule has 0 unspecified atom stereocenters. The van der Waals surface area contributed by atoms with E-state index >= 15 is 0 Å². The van der Waals surface area contributed by atoms with Gasteiger partial charge in [-0.05, 0) is 59.6 Å². The van der Waals surface area contributed by atoms with E-state index < -0.39 is 0 Å². The first-order chi connectivity index (χ1) is 15.0. The lowest BCUT2D eigenvalue weighted by Crippen LogP contribution is -2.50. The smallest absolute Gasteiger partial charge is 0.319 e. The fourth-order valence-corrected chi connectivity index (χ4v) is 3.70. The lowest BCUT2D eigenvalue weighted by Gasteiger charge is -2.35. The maximum absolute atomic E-state index is 13.0. The minimum Gasteiger partial charge on any atom is -0.490 e. The van der Waals surface area contributed by atoms with Crippen LogP contribution in [-0.2, 0) is 0 Å². The van der Waals surface area contributed by atoms with Crippen molar-refractivity contribution in [1.29, 1.82) is 0 Å². The van der Waals surface area contributed by atoms with E-state index in [1.165, 1.54) is 0 Å². The zero-order valence-electron chi connectivity index (χ0n) is 19.5. The number of rotatable bonds is 10. The summed E-state index contributed by atoms with van der Waals surface area (Å²) >= 11 is 0. The molecule has 2 rings (SSSR count). The highest BCUT2D eigenvalue weighted by atomic mass is 16.5. The molecule has 1 aliphatic rings. The van der Waals surface area contributed by atoms with Crippen LogP contribution in [0.4, 0.5) is 4.79 Å². The van der Waals surface area contributed by atoms with Gasteiger partial charge in [-0.3, -0.25) is 4.79 Å². The number of hydrogen-bond donors (Lipinski definition) is 1. The van der Waals surface area contributed by atoms with Gasteiger partial charge in [0.05, 0.1) is 19.8 Å². The van der Waals surface area contributed by atoms with Crippen LogP contribution in [0.5, 0.6) is 17.2 Å². The molecule has 8 heteroatoms. The molecule has 0 aliphatic carbocycles. The van der Waals surface area contributed by atoms with Gasteiger partial charge in [0.25, 0.3) is 5.91 Å². The quantitative estimate of drug-likeness (QED) is 0.608. The van der Waals surface area contributed by atoms with Crippen LogP contribution in [0, 0.1) is 0 Å². The Bertz CT molecular complexity index is 701. The van der Waals surface area contributed by atoms with Crippen LogP contribution < -0.4 is 19.5 Å². The Morgan fingerprint density at radius 2 is 1.45 bits per heavy atom. The predicted molar refractivity (Wildman–Crippen MR) is 120 cm³/mol. The van der Waals surface area contributed by atoms with Gasteiger partial charge in [0.1, 0.15) is 0 Å². The van der Waals surface area contributed by atoms with Crippen molar-refractivity contribution in [3.63, 3.8) is 0 Å². The Kier molecular flexibility index (Phi) is 9.75. The van der Waals surface area contributed by atoms with Crippen molar-refractivity contribution in [2.45, 2.75) is 53.5 Å². The molecule has 1 N–H and O–H groups in total. The Hall–Kier alpha value is -2.64. The van der Waals surface area contributed by atoms with Gasteiger partial charge in [0, 0.05) is 37.8 Å². The maximum atomic E-state index is 13.0. The lowest BCUT2D eigenvalue weighted by molar-refractivity contribution is 0.0910. The van der Waals surface area contributed by atoms with Crippen LogP contribution in [0.15, 0.2) is 12.1 Å². The van der Waals surface area contributed by atoms with E-state index in [-0.39, 0.29) is 18.0 Å². The van der Waals surface area contributed by atoms with Gasteiger partial charge in [-0.15, -0.1) is 0 Å². The topological polar surface area (TPSA) is 80.3 Å². The minimum absolute atomic E-state index is 0.0194. The number of carbonyl (C=O) groups is 2. The molecule has 1 aromatic carbocycles. The zero-order valence-corrected chi connectivity index (χ0v) is 19.5. The molecule has 8 nitrogen and oxygen atoms in total. The van der Waals surface area contributed by atoms with Crippen LogP contribution in [0.25, 0.3) is 0 Å². The molecule has 0 aromatic heterocycles. The Balaban J connectivity index is 2.07. The summed E-state index contributed by atoms with van der Waals surface area (Å²) < 4.78 is 17.1. The van der Waals surface area contributed by atoms with Gasteiger partial charge in [-0.1, -0.05) is 0 Å². The summed E-state index contributed by atoms with van der Waals surface area (Å²) in [6.45, 7) is 13.7. The Morgan fingerprint density at radius 3 is 1.90 bits per heavy atom. The van der Waals surface area contributed by atoms with Crippen LogP contribution >= 0.6 is 0 Å². The molecule has 3 amide bonds. The number of urea groups is 1. The average Bonchev–Trinajstić information content (AvgIpc) is 2.77. The van der Waals surface area contributed by atoms with Crippen LogP contribution in [0.3, 0.4) is 0 Å². The molecular weight excluding hydrogens is 398 g/mol. The SMILES string of the molecule is CCOc1cc(C(=O)NC2CCN(C(=O)N(CC)CC)CC2)cc(OCC)c1OCC. The van der Waals surface area contributed by atoms with E-state index in [0.29, 0.717) is 68.8 Å². The van der Waals surface area contributed by atoms with Crippen molar-refractivity contribution in [1.82, 2.24) is 15.1 Å². The van der Waals surface area contributed by atoms with E-state index in [1.54, 1.807) is 12.1 Å². The lowest BCUT2D eigenvalue weighted by atomic mass is 10.0. The standard InChI is InChI=1S/C23H37N3O5/c1-6-25(7-2)23(28)26-13-11-18(12-14-26)24-22(27)17-15-19(29-8-3)21(31-10-5)20(16-17)30-9-4/h15-16,18H,6-14H2,1-5H3,(H,24,27). The van der Waals surface area contributed by atoms with E-state index in [1.807, 2.05) is 44.4 Å². The second-order valence-electron chi connectivity index (χ2n) is 7.29. The fraction of sp³-hybridized carbons (Fsp3) is 0.652. The number of likely N-dealkylation sites (tertiary alicyclic amines) is 1. The predicted octanol–water partition coefficient (Wildman–Crippen LogP) is 3.54. The molecule has 31 heavy (non-hydrogen) atoms. The summed E-state index contributed by atoms with van der Waals surface area (Å²) in [6, 6.07) is 3.49. The van der Waals surface area contributed by atoms with E-state index in [0.717, 1.165) is 12.8 Å². The summed E-state index contributed by atoms with van der Waals surface area (Å²) in [5.74, 6) is 1.34. The highest BCUT2D eigenvalue weighted by molar-refractivity contribution is 5.95. The first-order valence-corrected chi connectivity index (χ1v) is 11.4. The van der Waals surface area contributed by atoms with Crippen LogP contribution in [0.2, 0.25) is 0 Å². The van der Waals surface area contributed by atoms with Crippen molar-refractivity contribution in [2.75, 3.05) is 46.0 Å². The summed E-state index contributed by atoms with van der Waals surface area (Å²) in [5, 5.41) is 3.10. The molecule has 1 fully saturated rings. The monoisotopic (exact) mass is 435 g/mol. The molecule has 0 saturated carbocycles. The summed E-state index contributed by atoms with van der Waals surface area (Å²) in [4.78, 5) is 29.2. The average molecular weight is 436 g/mol. The van der Waals surface area contributed by atoms with Gasteiger partial charge in [0.2, 0.25) is 5.75 Å². The summed E-state index contributed by atoms with van der Waals surface area (Å²) in [7, 11) is 0. The molecule has 1 aliphatic heterocycles. The van der Waals surface area contributed by atoms with Gasteiger partial charge < -0.3 is 29.3 Å². The number of amides is 3. The number of nitrogens with zero attached hydrogens (tertiary/aromatic N) is 2. The molecule has 0 bridgehead atoms. The van der Waals surface area contributed by atoms with Gasteiger partial charge in [0.15, 0.2) is 11.5 Å². The van der Waals surface area contributed by atoms with Gasteiger partial charge in [-0.2, -0.15) is 0 Å². The van der Waals surface area contributed by atoms with Crippen molar-refractivity contribution < 1.29 is 23.8 Å². The van der Waals surface area contributed by atoms with Crippen molar-refractivity contribution in [3.8, 4) is 17.2 Å². The van der Waals surface area contributed by atoms with Crippen LogP contribution in [0.1, 0.15) is 57.8 Å². The zero-order chi connectivity index (χ0) is 22.8. The third-order valence-corrected chi connectivity index (χ3v) is 5.31.